The number of carboxylic acid groups (broad SMARTS) is 4. The van der Waals surface area contributed by atoms with Crippen molar-refractivity contribution in [1.29, 1.82) is 0 Å². The van der Waals surface area contributed by atoms with Crippen molar-refractivity contribution >= 4 is 23.9 Å². The molecule has 3 saturated carbocycles. The van der Waals surface area contributed by atoms with E-state index in [1.54, 1.807) is 30.3 Å². The third-order valence-corrected chi connectivity index (χ3v) is 6.06. The van der Waals surface area contributed by atoms with Crippen molar-refractivity contribution in [3.8, 4) is 0 Å². The van der Waals surface area contributed by atoms with Crippen molar-refractivity contribution < 1.29 is 39.6 Å². The van der Waals surface area contributed by atoms with Gasteiger partial charge in [0.2, 0.25) is 0 Å². The van der Waals surface area contributed by atoms with Crippen LogP contribution in [-0.4, -0.2) is 44.3 Å². The number of carboxylic acids is 4. The van der Waals surface area contributed by atoms with E-state index in [1.165, 1.54) is 0 Å². The summed E-state index contributed by atoms with van der Waals surface area (Å²) in [6.07, 6.45) is 0.263. The molecule has 0 spiro atoms. The van der Waals surface area contributed by atoms with Crippen LogP contribution in [0.2, 0.25) is 0 Å². The molecule has 26 heavy (non-hydrogen) atoms. The van der Waals surface area contributed by atoms with E-state index in [1.807, 2.05) is 0 Å². The van der Waals surface area contributed by atoms with Crippen LogP contribution in [0.25, 0.3) is 0 Å². The van der Waals surface area contributed by atoms with Gasteiger partial charge in [-0.25, -0.2) is 0 Å². The Balaban J connectivity index is 2.34. The molecule has 0 heterocycles. The van der Waals surface area contributed by atoms with Crippen LogP contribution in [0.5, 0.6) is 0 Å². The van der Waals surface area contributed by atoms with Gasteiger partial charge in [-0.05, 0) is 24.3 Å². The molecule has 3 aliphatic carbocycles. The topological polar surface area (TPSA) is 149 Å². The van der Waals surface area contributed by atoms with E-state index in [0.717, 1.165) is 0 Å². The molecule has 1 aromatic rings. The molecule has 0 saturated heterocycles. The Morgan fingerprint density at radius 3 is 1.62 bits per heavy atom. The molecular formula is C18H18O8. The first-order valence-electron chi connectivity index (χ1n) is 8.20. The number of carbonyl (C=O) groups is 4. The predicted molar refractivity (Wildman–Crippen MR) is 85.3 cm³/mol. The smallest absolute Gasteiger partial charge is 0.308 e. The lowest BCUT2D eigenvalue weighted by Gasteiger charge is -2.59. The van der Waals surface area contributed by atoms with E-state index in [0.29, 0.717) is 5.56 Å². The molecule has 0 radical (unpaired) electrons. The highest BCUT2D eigenvalue weighted by molar-refractivity contribution is 5.89. The first-order valence-corrected chi connectivity index (χ1v) is 8.20. The van der Waals surface area contributed by atoms with Gasteiger partial charge in [0.05, 0.1) is 23.7 Å². The largest absolute Gasteiger partial charge is 0.481 e. The Labute approximate surface area is 148 Å². The summed E-state index contributed by atoms with van der Waals surface area (Å²) in [5, 5.41) is 39.0. The molecule has 4 N–H and O–H groups in total. The minimum absolute atomic E-state index is 0.114. The van der Waals surface area contributed by atoms with E-state index in [9.17, 15) is 39.6 Å². The van der Waals surface area contributed by atoms with Crippen molar-refractivity contribution in [2.45, 2.75) is 18.3 Å². The fraction of sp³-hybridized carbons (Fsp3) is 0.444. The van der Waals surface area contributed by atoms with Crippen LogP contribution in [-0.2, 0) is 24.6 Å². The van der Waals surface area contributed by atoms with Crippen molar-refractivity contribution in [3.05, 3.63) is 35.9 Å². The van der Waals surface area contributed by atoms with Gasteiger partial charge in [-0.15, -0.1) is 0 Å². The molecule has 138 valence electrons. The van der Waals surface area contributed by atoms with Gasteiger partial charge in [0.15, 0.2) is 0 Å². The summed E-state index contributed by atoms with van der Waals surface area (Å²) in [6, 6.07) is 7.98. The van der Waals surface area contributed by atoms with Crippen LogP contribution >= 0.6 is 0 Å². The van der Waals surface area contributed by atoms with E-state index in [-0.39, 0.29) is 12.8 Å². The minimum atomic E-state index is -1.60. The first-order chi connectivity index (χ1) is 12.2. The summed E-state index contributed by atoms with van der Waals surface area (Å²) in [6.45, 7) is 0. The number of hydrogen-bond acceptors (Lipinski definition) is 4. The van der Waals surface area contributed by atoms with Gasteiger partial charge >= 0.3 is 23.9 Å². The highest BCUT2D eigenvalue weighted by Crippen LogP contribution is 2.63. The standard InChI is InChI=1S/C18H18O8/c19-14(20)10-9-6-7-18(12(10)16(23)24,8-4-2-1-3-5-8)13(17(25)26)11(9)15(21)22/h1-5,9-13H,6-7H2,(H,19,20)(H,21,22)(H,23,24)(H,25,26)/t9?,10-,11-,12-,13+,18?/m0/s1. The van der Waals surface area contributed by atoms with Gasteiger partial charge in [-0.2, -0.15) is 0 Å². The molecule has 4 rings (SSSR count). The summed E-state index contributed by atoms with van der Waals surface area (Å²) in [5.41, 5.74) is -1.24. The second-order valence-corrected chi connectivity index (χ2v) is 6.97. The Bertz CT molecular complexity index is 731. The van der Waals surface area contributed by atoms with Gasteiger partial charge in [-0.3, -0.25) is 19.2 Å². The number of benzene rings is 1. The van der Waals surface area contributed by atoms with Gasteiger partial charge in [0, 0.05) is 5.41 Å². The molecule has 0 aromatic heterocycles. The zero-order chi connectivity index (χ0) is 19.2. The maximum atomic E-state index is 12.1. The van der Waals surface area contributed by atoms with E-state index >= 15 is 0 Å². The quantitative estimate of drug-likeness (QED) is 0.609. The average molecular weight is 362 g/mol. The molecule has 0 amide bonds. The maximum Gasteiger partial charge on any atom is 0.308 e. The molecular weight excluding hydrogens is 344 g/mol. The third-order valence-electron chi connectivity index (χ3n) is 6.06. The molecule has 3 fully saturated rings. The molecule has 2 unspecified atom stereocenters. The summed E-state index contributed by atoms with van der Waals surface area (Å²) >= 11 is 0. The molecule has 2 bridgehead atoms. The van der Waals surface area contributed by atoms with Crippen LogP contribution in [0.1, 0.15) is 18.4 Å². The SMILES string of the molecule is O=C(O)[C@@H]1[C@@H](C(=O)O)C2CCC1(c1ccccc1)[C@@H](C(=O)O)[C@H]2C(=O)O. The average Bonchev–Trinajstić information content (AvgIpc) is 2.60. The lowest BCUT2D eigenvalue weighted by atomic mass is 9.41. The fourth-order valence-electron chi connectivity index (χ4n) is 5.28. The third kappa shape index (κ3) is 2.28. The number of aliphatic carboxylic acids is 4. The van der Waals surface area contributed by atoms with Crippen LogP contribution < -0.4 is 0 Å². The Morgan fingerprint density at radius 1 is 0.769 bits per heavy atom. The van der Waals surface area contributed by atoms with Crippen molar-refractivity contribution in [3.63, 3.8) is 0 Å². The molecule has 0 aliphatic heterocycles. The summed E-state index contributed by atoms with van der Waals surface area (Å²) < 4.78 is 0. The second kappa shape index (κ2) is 6.12. The fourth-order valence-corrected chi connectivity index (χ4v) is 5.28. The molecule has 6 atom stereocenters. The van der Waals surface area contributed by atoms with Gasteiger partial charge in [0.1, 0.15) is 0 Å². The van der Waals surface area contributed by atoms with Crippen molar-refractivity contribution in [2.75, 3.05) is 0 Å². The zero-order valence-electron chi connectivity index (χ0n) is 13.6. The number of rotatable bonds is 5. The molecule has 8 nitrogen and oxygen atoms in total. The first kappa shape index (κ1) is 17.9. The van der Waals surface area contributed by atoms with Crippen LogP contribution in [0.3, 0.4) is 0 Å². The summed E-state index contributed by atoms with van der Waals surface area (Å²) in [4.78, 5) is 47.9. The lowest BCUT2D eigenvalue weighted by molar-refractivity contribution is -0.195. The highest BCUT2D eigenvalue weighted by Gasteiger charge is 2.70. The van der Waals surface area contributed by atoms with Crippen LogP contribution in [0.4, 0.5) is 0 Å². The van der Waals surface area contributed by atoms with Crippen LogP contribution in [0.15, 0.2) is 30.3 Å². The van der Waals surface area contributed by atoms with Gasteiger partial charge in [0.25, 0.3) is 0 Å². The van der Waals surface area contributed by atoms with E-state index < -0.39 is 58.9 Å². The maximum absolute atomic E-state index is 12.1. The van der Waals surface area contributed by atoms with E-state index in [2.05, 4.69) is 0 Å². The zero-order valence-corrected chi connectivity index (χ0v) is 13.6. The van der Waals surface area contributed by atoms with Gasteiger partial charge in [-0.1, -0.05) is 30.3 Å². The Morgan fingerprint density at radius 2 is 1.23 bits per heavy atom. The highest BCUT2D eigenvalue weighted by atomic mass is 16.4. The minimum Gasteiger partial charge on any atom is -0.481 e. The molecule has 1 aromatic carbocycles. The van der Waals surface area contributed by atoms with E-state index in [4.69, 9.17) is 0 Å². The Hall–Kier alpha value is -2.90. The lowest BCUT2D eigenvalue weighted by Crippen LogP contribution is -2.67. The van der Waals surface area contributed by atoms with Gasteiger partial charge < -0.3 is 20.4 Å². The number of fused-ring (bicyclic) bond motifs is 3. The molecule has 8 heteroatoms. The van der Waals surface area contributed by atoms with Crippen molar-refractivity contribution in [2.24, 2.45) is 29.6 Å². The normalized spacial score (nSPS) is 35.6. The van der Waals surface area contributed by atoms with Crippen LogP contribution in [0, 0.1) is 29.6 Å². The summed E-state index contributed by atoms with van der Waals surface area (Å²) in [5.74, 6) is -12.6. The second-order valence-electron chi connectivity index (χ2n) is 6.97. The molecule has 3 aliphatic rings. The van der Waals surface area contributed by atoms with Crippen molar-refractivity contribution in [1.82, 2.24) is 0 Å². The Kier molecular flexibility index (Phi) is 4.21. The monoisotopic (exact) mass is 362 g/mol. The number of hydrogen-bond donors (Lipinski definition) is 4. The summed E-state index contributed by atoms with van der Waals surface area (Å²) in [7, 11) is 0. The predicted octanol–water partition coefficient (Wildman–Crippen LogP) is 1.15.